The highest BCUT2D eigenvalue weighted by atomic mass is 35.5. The first-order chi connectivity index (χ1) is 9.61. The molecule has 20 heavy (non-hydrogen) atoms. The lowest BCUT2D eigenvalue weighted by Gasteiger charge is -2.11. The quantitative estimate of drug-likeness (QED) is 0.760. The summed E-state index contributed by atoms with van der Waals surface area (Å²) < 4.78 is 0.805. The molecule has 2 heterocycles. The Morgan fingerprint density at radius 1 is 1.40 bits per heavy atom. The number of amides is 1. The summed E-state index contributed by atoms with van der Waals surface area (Å²) in [7, 11) is 0. The minimum Gasteiger partial charge on any atom is -0.397 e. The van der Waals surface area contributed by atoms with Crippen molar-refractivity contribution >= 4 is 45.9 Å². The lowest BCUT2D eigenvalue weighted by atomic mass is 10.1. The Morgan fingerprint density at radius 2 is 2.25 bits per heavy atom. The highest BCUT2D eigenvalue weighted by Gasteiger charge is 2.19. The number of nitrogen functional groups attached to an aromatic ring is 1. The van der Waals surface area contributed by atoms with E-state index < -0.39 is 0 Å². The van der Waals surface area contributed by atoms with Gasteiger partial charge in [-0.2, -0.15) is 0 Å². The van der Waals surface area contributed by atoms with Crippen LogP contribution in [0.25, 0.3) is 0 Å². The summed E-state index contributed by atoms with van der Waals surface area (Å²) in [5, 5.41) is 6.13. The number of benzene rings is 1. The van der Waals surface area contributed by atoms with Crippen molar-refractivity contribution in [2.24, 2.45) is 0 Å². The molecule has 0 unspecified atom stereocenters. The Kier molecular flexibility index (Phi) is 3.54. The van der Waals surface area contributed by atoms with Crippen LogP contribution in [0.3, 0.4) is 0 Å². The van der Waals surface area contributed by atoms with Gasteiger partial charge in [-0.05, 0) is 36.2 Å². The first-order valence-electron chi connectivity index (χ1n) is 6.32. The highest BCUT2D eigenvalue weighted by Crippen LogP contribution is 2.31. The second-order valence-electron chi connectivity index (χ2n) is 4.70. The fourth-order valence-corrected chi connectivity index (χ4v) is 3.34. The molecule has 1 aliphatic rings. The van der Waals surface area contributed by atoms with Crippen molar-refractivity contribution in [2.45, 2.75) is 12.8 Å². The van der Waals surface area contributed by atoms with E-state index in [1.165, 1.54) is 4.88 Å². The van der Waals surface area contributed by atoms with Crippen LogP contribution in [0.15, 0.2) is 24.3 Å². The summed E-state index contributed by atoms with van der Waals surface area (Å²) in [6.07, 6.45) is 1.30. The molecule has 1 aromatic carbocycles. The van der Waals surface area contributed by atoms with E-state index in [4.69, 9.17) is 17.3 Å². The maximum atomic E-state index is 11.3. The standard InChI is InChI=1S/C14H14ClN3OS/c15-13-2-1-9(20-13)3-4-17-12-7-11-8(5-10(12)16)6-14(19)18-11/h1-2,5,7,17H,3-4,6,16H2,(H,18,19). The van der Waals surface area contributed by atoms with E-state index in [1.54, 1.807) is 11.3 Å². The second-order valence-corrected chi connectivity index (χ2v) is 6.50. The number of thiophene rings is 1. The zero-order valence-corrected chi connectivity index (χ0v) is 12.3. The number of nitrogens with one attached hydrogen (secondary N) is 2. The number of rotatable bonds is 4. The molecule has 0 spiro atoms. The predicted molar refractivity (Wildman–Crippen MR) is 84.7 cm³/mol. The van der Waals surface area contributed by atoms with Crippen LogP contribution in [-0.2, 0) is 17.6 Å². The number of carbonyl (C=O) groups excluding carboxylic acids is 1. The maximum Gasteiger partial charge on any atom is 0.228 e. The van der Waals surface area contributed by atoms with Gasteiger partial charge in [-0.25, -0.2) is 0 Å². The predicted octanol–water partition coefficient (Wildman–Crippen LogP) is 3.13. The van der Waals surface area contributed by atoms with Crippen molar-refractivity contribution in [3.8, 4) is 0 Å². The molecule has 1 aromatic heterocycles. The summed E-state index contributed by atoms with van der Waals surface area (Å²) in [5.74, 6) is 0.0183. The van der Waals surface area contributed by atoms with Crippen molar-refractivity contribution in [1.29, 1.82) is 0 Å². The maximum absolute atomic E-state index is 11.3. The average Bonchev–Trinajstić information content (AvgIpc) is 2.95. The van der Waals surface area contributed by atoms with E-state index in [0.29, 0.717) is 12.1 Å². The Labute approximate surface area is 125 Å². The molecule has 1 aliphatic heterocycles. The number of halogens is 1. The summed E-state index contributed by atoms with van der Waals surface area (Å²) >= 11 is 7.48. The Morgan fingerprint density at radius 3 is 3.00 bits per heavy atom. The van der Waals surface area contributed by atoms with Crippen LogP contribution in [0.4, 0.5) is 17.1 Å². The van der Waals surface area contributed by atoms with Crippen molar-refractivity contribution in [1.82, 2.24) is 0 Å². The van der Waals surface area contributed by atoms with Gasteiger partial charge in [-0.1, -0.05) is 11.6 Å². The number of hydrogen-bond donors (Lipinski definition) is 3. The number of nitrogens with two attached hydrogens (primary N) is 1. The van der Waals surface area contributed by atoms with Gasteiger partial charge < -0.3 is 16.4 Å². The molecule has 2 aromatic rings. The van der Waals surface area contributed by atoms with Gasteiger partial charge in [-0.3, -0.25) is 4.79 Å². The fraction of sp³-hybridized carbons (Fsp3) is 0.214. The average molecular weight is 308 g/mol. The second kappa shape index (κ2) is 5.34. The molecule has 4 N–H and O–H groups in total. The lowest BCUT2D eigenvalue weighted by molar-refractivity contribution is -0.115. The topological polar surface area (TPSA) is 67.2 Å². The normalized spacial score (nSPS) is 13.2. The monoisotopic (exact) mass is 307 g/mol. The first-order valence-corrected chi connectivity index (χ1v) is 7.51. The van der Waals surface area contributed by atoms with Crippen molar-refractivity contribution in [3.63, 3.8) is 0 Å². The van der Waals surface area contributed by atoms with Gasteiger partial charge in [0, 0.05) is 17.1 Å². The zero-order chi connectivity index (χ0) is 14.1. The molecule has 0 atom stereocenters. The number of carbonyl (C=O) groups is 1. The molecular formula is C14H14ClN3OS. The molecule has 0 aliphatic carbocycles. The zero-order valence-electron chi connectivity index (χ0n) is 10.7. The van der Waals surface area contributed by atoms with Crippen molar-refractivity contribution < 1.29 is 4.79 Å². The minimum absolute atomic E-state index is 0.0183. The summed E-state index contributed by atoms with van der Waals surface area (Å²) in [6, 6.07) is 7.69. The molecule has 0 bridgehead atoms. The van der Waals surface area contributed by atoms with Crippen LogP contribution < -0.4 is 16.4 Å². The third kappa shape index (κ3) is 2.73. The van der Waals surface area contributed by atoms with Crippen molar-refractivity contribution in [3.05, 3.63) is 39.0 Å². The third-order valence-corrected chi connectivity index (χ3v) is 4.51. The van der Waals surface area contributed by atoms with E-state index in [2.05, 4.69) is 10.6 Å². The fourth-order valence-electron chi connectivity index (χ4n) is 2.25. The summed E-state index contributed by atoms with van der Waals surface area (Å²) in [6.45, 7) is 0.772. The SMILES string of the molecule is Nc1cc2c(cc1NCCc1ccc(Cl)s1)NC(=O)C2. The smallest absolute Gasteiger partial charge is 0.228 e. The molecule has 104 valence electrons. The van der Waals surface area contributed by atoms with Gasteiger partial charge in [0.15, 0.2) is 0 Å². The molecule has 3 rings (SSSR count). The van der Waals surface area contributed by atoms with E-state index in [0.717, 1.165) is 34.2 Å². The number of fused-ring (bicyclic) bond motifs is 1. The van der Waals surface area contributed by atoms with Crippen LogP contribution in [-0.4, -0.2) is 12.5 Å². The molecule has 0 fully saturated rings. The van der Waals surface area contributed by atoms with Gasteiger partial charge >= 0.3 is 0 Å². The Bertz CT molecular complexity index is 668. The Hall–Kier alpha value is -1.72. The van der Waals surface area contributed by atoms with Crippen LogP contribution in [0, 0.1) is 0 Å². The molecule has 1 amide bonds. The first kappa shape index (κ1) is 13.3. The van der Waals surface area contributed by atoms with E-state index in [1.807, 2.05) is 24.3 Å². The van der Waals surface area contributed by atoms with Gasteiger partial charge in [0.05, 0.1) is 22.1 Å². The number of anilines is 3. The molecule has 4 nitrogen and oxygen atoms in total. The van der Waals surface area contributed by atoms with E-state index in [9.17, 15) is 4.79 Å². The summed E-state index contributed by atoms with van der Waals surface area (Å²) in [5.41, 5.74) is 9.34. The van der Waals surface area contributed by atoms with Crippen LogP contribution in [0.1, 0.15) is 10.4 Å². The van der Waals surface area contributed by atoms with E-state index >= 15 is 0 Å². The number of hydrogen-bond acceptors (Lipinski definition) is 4. The van der Waals surface area contributed by atoms with Gasteiger partial charge in [0.1, 0.15) is 0 Å². The Balaban J connectivity index is 1.66. The molecule has 0 radical (unpaired) electrons. The van der Waals surface area contributed by atoms with E-state index in [-0.39, 0.29) is 5.91 Å². The third-order valence-electron chi connectivity index (χ3n) is 3.22. The highest BCUT2D eigenvalue weighted by molar-refractivity contribution is 7.16. The molecule has 6 heteroatoms. The molecular weight excluding hydrogens is 294 g/mol. The largest absolute Gasteiger partial charge is 0.397 e. The lowest BCUT2D eigenvalue weighted by Crippen LogP contribution is -2.07. The minimum atomic E-state index is 0.0183. The summed E-state index contributed by atoms with van der Waals surface area (Å²) in [4.78, 5) is 12.6. The van der Waals surface area contributed by atoms with Gasteiger partial charge in [0.25, 0.3) is 0 Å². The van der Waals surface area contributed by atoms with Gasteiger partial charge in [0.2, 0.25) is 5.91 Å². The van der Waals surface area contributed by atoms with Crippen LogP contribution in [0.5, 0.6) is 0 Å². The molecule has 0 saturated carbocycles. The van der Waals surface area contributed by atoms with Gasteiger partial charge in [-0.15, -0.1) is 11.3 Å². The van der Waals surface area contributed by atoms with Crippen molar-refractivity contribution in [2.75, 3.05) is 22.9 Å². The molecule has 0 saturated heterocycles. The van der Waals surface area contributed by atoms with Crippen LogP contribution in [0.2, 0.25) is 4.34 Å². The van der Waals surface area contributed by atoms with Crippen LogP contribution >= 0.6 is 22.9 Å².